The molecule has 0 aromatic carbocycles. The van der Waals surface area contributed by atoms with Gasteiger partial charge in [-0.3, -0.25) is 14.7 Å². The largest absolute Gasteiger partial charge is 0.329 e. The second-order valence-corrected chi connectivity index (χ2v) is 4.37. The lowest BCUT2D eigenvalue weighted by Gasteiger charge is -2.34. The molecule has 2 rings (SSSR count). The van der Waals surface area contributed by atoms with Crippen molar-refractivity contribution in [3.8, 4) is 0 Å². The van der Waals surface area contributed by atoms with Crippen LogP contribution >= 0.6 is 0 Å². The predicted molar refractivity (Wildman–Crippen MR) is 64.6 cm³/mol. The summed E-state index contributed by atoms with van der Waals surface area (Å²) in [6.45, 7) is 1.97. The van der Waals surface area contributed by atoms with Gasteiger partial charge >= 0.3 is 0 Å². The zero-order valence-corrected chi connectivity index (χ0v) is 9.88. The van der Waals surface area contributed by atoms with Crippen LogP contribution in [0.25, 0.3) is 0 Å². The summed E-state index contributed by atoms with van der Waals surface area (Å²) in [6.07, 6.45) is 8.07. The summed E-state index contributed by atoms with van der Waals surface area (Å²) in [5, 5.41) is 0. The number of Topliss-reactive ketones (excluding diaryl/α,β-unsaturated/α-hetero) is 1. The van der Waals surface area contributed by atoms with Crippen LogP contribution in [-0.2, 0) is 0 Å². The molecule has 92 valence electrons. The highest BCUT2D eigenvalue weighted by Crippen LogP contribution is 2.16. The summed E-state index contributed by atoms with van der Waals surface area (Å²) in [7, 11) is 0. The van der Waals surface area contributed by atoms with Crippen molar-refractivity contribution in [1.82, 2.24) is 14.9 Å². The van der Waals surface area contributed by atoms with Gasteiger partial charge in [0.1, 0.15) is 5.69 Å². The fourth-order valence-electron chi connectivity index (χ4n) is 2.24. The summed E-state index contributed by atoms with van der Waals surface area (Å²) < 4.78 is 0. The molecule has 2 heterocycles. The molecule has 1 aliphatic heterocycles. The van der Waals surface area contributed by atoms with Gasteiger partial charge in [0.25, 0.3) is 0 Å². The van der Waals surface area contributed by atoms with Crippen LogP contribution in [0.5, 0.6) is 0 Å². The Labute approximate surface area is 101 Å². The van der Waals surface area contributed by atoms with Crippen LogP contribution in [-0.4, -0.2) is 46.3 Å². The molecule has 2 N–H and O–H groups in total. The number of nitrogens with two attached hydrogens (primary N) is 1. The first-order chi connectivity index (χ1) is 8.31. The zero-order valence-electron chi connectivity index (χ0n) is 9.88. The summed E-state index contributed by atoms with van der Waals surface area (Å²) in [6, 6.07) is 0.337. The lowest BCUT2D eigenvalue weighted by Crippen LogP contribution is -2.46. The minimum absolute atomic E-state index is 0.0263. The first-order valence-electron chi connectivity index (χ1n) is 6.04. The second-order valence-electron chi connectivity index (χ2n) is 4.37. The van der Waals surface area contributed by atoms with E-state index in [1.165, 1.54) is 12.6 Å². The molecule has 1 unspecified atom stereocenters. The molecule has 17 heavy (non-hydrogen) atoms. The Kier molecular flexibility index (Phi) is 4.17. The van der Waals surface area contributed by atoms with Gasteiger partial charge in [0.15, 0.2) is 5.78 Å². The van der Waals surface area contributed by atoms with E-state index in [0.717, 1.165) is 19.4 Å². The van der Waals surface area contributed by atoms with Crippen LogP contribution in [0.15, 0.2) is 18.6 Å². The van der Waals surface area contributed by atoms with Gasteiger partial charge in [0, 0.05) is 25.0 Å². The number of hydrogen-bond donors (Lipinski definition) is 1. The minimum atomic E-state index is 0.0263. The molecule has 5 heteroatoms. The Morgan fingerprint density at radius 3 is 3.06 bits per heavy atom. The average Bonchev–Trinajstić information content (AvgIpc) is 2.40. The maximum absolute atomic E-state index is 12.0. The van der Waals surface area contributed by atoms with E-state index < -0.39 is 0 Å². The van der Waals surface area contributed by atoms with Crippen molar-refractivity contribution in [1.29, 1.82) is 0 Å². The summed E-state index contributed by atoms with van der Waals surface area (Å²) >= 11 is 0. The van der Waals surface area contributed by atoms with Crippen LogP contribution in [0.3, 0.4) is 0 Å². The van der Waals surface area contributed by atoms with E-state index in [1.807, 2.05) is 0 Å². The van der Waals surface area contributed by atoms with E-state index >= 15 is 0 Å². The lowest BCUT2D eigenvalue weighted by atomic mass is 10.0. The van der Waals surface area contributed by atoms with Crippen molar-refractivity contribution in [3.63, 3.8) is 0 Å². The summed E-state index contributed by atoms with van der Waals surface area (Å²) in [5.41, 5.74) is 6.17. The number of rotatable bonds is 4. The fourth-order valence-corrected chi connectivity index (χ4v) is 2.24. The Balaban J connectivity index is 1.98. The Bertz CT molecular complexity index is 368. The van der Waals surface area contributed by atoms with Crippen LogP contribution < -0.4 is 5.73 Å². The van der Waals surface area contributed by atoms with Crippen molar-refractivity contribution >= 4 is 5.78 Å². The van der Waals surface area contributed by atoms with Gasteiger partial charge in [-0.2, -0.15) is 0 Å². The lowest BCUT2D eigenvalue weighted by molar-refractivity contribution is 0.0846. The average molecular weight is 234 g/mol. The molecule has 1 saturated heterocycles. The Morgan fingerprint density at radius 1 is 1.47 bits per heavy atom. The molecular formula is C12H18N4O. The molecule has 0 saturated carbocycles. The molecule has 1 aromatic rings. The Hall–Kier alpha value is -1.33. The van der Waals surface area contributed by atoms with Crippen LogP contribution in [0, 0.1) is 0 Å². The van der Waals surface area contributed by atoms with E-state index in [1.54, 1.807) is 12.4 Å². The van der Waals surface area contributed by atoms with Crippen LogP contribution in [0.1, 0.15) is 29.8 Å². The highest BCUT2D eigenvalue weighted by atomic mass is 16.1. The van der Waals surface area contributed by atoms with Gasteiger partial charge in [-0.25, -0.2) is 4.98 Å². The van der Waals surface area contributed by atoms with Gasteiger partial charge in [0.2, 0.25) is 0 Å². The third-order valence-corrected chi connectivity index (χ3v) is 3.22. The molecule has 5 nitrogen and oxygen atoms in total. The first kappa shape index (κ1) is 12.1. The number of ketones is 1. The number of piperidine rings is 1. The van der Waals surface area contributed by atoms with Gasteiger partial charge in [-0.05, 0) is 19.4 Å². The SMILES string of the molecule is NCC1CCCCN1CC(=O)c1cnccn1. The van der Waals surface area contributed by atoms with Gasteiger partial charge in [-0.1, -0.05) is 6.42 Å². The molecule has 1 atom stereocenters. The predicted octanol–water partition coefficient (Wildman–Crippen LogP) is 0.472. The third kappa shape index (κ3) is 3.08. The smallest absolute Gasteiger partial charge is 0.196 e. The molecule has 0 spiro atoms. The maximum Gasteiger partial charge on any atom is 0.196 e. The molecule has 0 aliphatic carbocycles. The number of carbonyl (C=O) groups excluding carboxylic acids is 1. The number of hydrogen-bond acceptors (Lipinski definition) is 5. The minimum Gasteiger partial charge on any atom is -0.329 e. The van der Waals surface area contributed by atoms with Crippen molar-refractivity contribution < 1.29 is 4.79 Å². The molecule has 1 aliphatic rings. The van der Waals surface area contributed by atoms with Crippen molar-refractivity contribution in [2.75, 3.05) is 19.6 Å². The summed E-state index contributed by atoms with van der Waals surface area (Å²) in [4.78, 5) is 22.1. The zero-order chi connectivity index (χ0) is 12.1. The fraction of sp³-hybridized carbons (Fsp3) is 0.583. The van der Waals surface area contributed by atoms with Gasteiger partial charge < -0.3 is 5.73 Å². The van der Waals surface area contributed by atoms with Crippen molar-refractivity contribution in [3.05, 3.63) is 24.3 Å². The third-order valence-electron chi connectivity index (χ3n) is 3.22. The quantitative estimate of drug-likeness (QED) is 0.767. The Morgan fingerprint density at radius 2 is 2.35 bits per heavy atom. The first-order valence-corrected chi connectivity index (χ1v) is 6.04. The monoisotopic (exact) mass is 234 g/mol. The van der Waals surface area contributed by atoms with E-state index in [2.05, 4.69) is 14.9 Å². The maximum atomic E-state index is 12.0. The van der Waals surface area contributed by atoms with E-state index in [4.69, 9.17) is 5.73 Å². The second kappa shape index (κ2) is 5.84. The number of aromatic nitrogens is 2. The van der Waals surface area contributed by atoms with Crippen molar-refractivity contribution in [2.45, 2.75) is 25.3 Å². The molecule has 1 aromatic heterocycles. The van der Waals surface area contributed by atoms with E-state index in [-0.39, 0.29) is 5.78 Å². The van der Waals surface area contributed by atoms with Crippen LogP contribution in [0.4, 0.5) is 0 Å². The molecule has 1 fully saturated rings. The summed E-state index contributed by atoms with van der Waals surface area (Å²) in [5.74, 6) is 0.0263. The number of carbonyl (C=O) groups is 1. The standard InChI is InChI=1S/C12H18N4O/c13-7-10-3-1-2-6-16(10)9-12(17)11-8-14-4-5-15-11/h4-5,8,10H,1-3,6-7,9,13H2. The normalized spacial score (nSPS) is 21.4. The number of nitrogens with zero attached hydrogens (tertiary/aromatic N) is 3. The molecule has 0 radical (unpaired) electrons. The molecule has 0 amide bonds. The number of likely N-dealkylation sites (tertiary alicyclic amines) is 1. The van der Waals surface area contributed by atoms with Crippen molar-refractivity contribution in [2.24, 2.45) is 5.73 Å². The topological polar surface area (TPSA) is 72.1 Å². The molecule has 0 bridgehead atoms. The highest BCUT2D eigenvalue weighted by Gasteiger charge is 2.23. The van der Waals surface area contributed by atoms with E-state index in [9.17, 15) is 4.79 Å². The highest BCUT2D eigenvalue weighted by molar-refractivity contribution is 5.95. The molecular weight excluding hydrogens is 216 g/mol. The van der Waals surface area contributed by atoms with Gasteiger partial charge in [0.05, 0.1) is 12.7 Å². The van der Waals surface area contributed by atoms with Gasteiger partial charge in [-0.15, -0.1) is 0 Å². The van der Waals surface area contributed by atoms with E-state index in [0.29, 0.717) is 24.8 Å². The van der Waals surface area contributed by atoms with Crippen LogP contribution in [0.2, 0.25) is 0 Å².